The molecule has 0 saturated heterocycles. The molecule has 0 bridgehead atoms. The molecule has 0 heterocycles. The average molecular weight is 272 g/mol. The Morgan fingerprint density at radius 1 is 0.684 bits per heavy atom. The number of hydrogen-bond donors (Lipinski definition) is 2. The van der Waals surface area contributed by atoms with Crippen LogP contribution in [0.1, 0.15) is 0 Å². The van der Waals surface area contributed by atoms with Crippen LogP contribution in [0.25, 0.3) is 0 Å². The zero-order valence-electron chi connectivity index (χ0n) is 9.53. The zero-order chi connectivity index (χ0) is 14.4. The summed E-state index contributed by atoms with van der Waals surface area (Å²) in [5.41, 5.74) is -1.31. The van der Waals surface area contributed by atoms with Crippen molar-refractivity contribution in [3.8, 4) is 0 Å². The summed E-state index contributed by atoms with van der Waals surface area (Å²) in [5.74, 6) is -7.15. The Bertz CT molecular complexity index is 508. The molecule has 100 valence electrons. The van der Waals surface area contributed by atoms with E-state index in [0.29, 0.717) is 0 Å². The molecule has 2 rings (SSSR count). The monoisotopic (exact) mass is 272 g/mol. The molecule has 0 radical (unpaired) electrons. The summed E-state index contributed by atoms with van der Waals surface area (Å²) in [7, 11) is -2.52. The summed E-state index contributed by atoms with van der Waals surface area (Å²) < 4.78 is 49.8. The third-order valence-corrected chi connectivity index (χ3v) is 2.07. The molecule has 2 N–H and O–H groups in total. The van der Waals surface area contributed by atoms with Crippen molar-refractivity contribution < 1.29 is 27.6 Å². The van der Waals surface area contributed by atoms with E-state index < -0.39 is 35.9 Å². The molecule has 0 atom stereocenters. The van der Waals surface area contributed by atoms with Gasteiger partial charge in [-0.05, 0) is 0 Å². The molecule has 2 aromatic rings. The van der Waals surface area contributed by atoms with E-state index in [2.05, 4.69) is 0 Å². The van der Waals surface area contributed by atoms with E-state index in [0.717, 1.165) is 0 Å². The largest absolute Gasteiger partial charge is 0.494 e. The first-order valence-electron chi connectivity index (χ1n) is 5.14. The normalized spacial score (nSPS) is 9.58. The van der Waals surface area contributed by atoms with E-state index in [1.807, 2.05) is 36.4 Å². The van der Waals surface area contributed by atoms with Gasteiger partial charge in [0.05, 0.1) is 5.46 Å². The van der Waals surface area contributed by atoms with Gasteiger partial charge in [0.2, 0.25) is 0 Å². The summed E-state index contributed by atoms with van der Waals surface area (Å²) in [5, 5.41) is 16.8. The highest BCUT2D eigenvalue weighted by Crippen LogP contribution is 2.10. The van der Waals surface area contributed by atoms with Crippen molar-refractivity contribution in [1.29, 1.82) is 0 Å². The first-order valence-corrected chi connectivity index (χ1v) is 5.14. The second kappa shape index (κ2) is 6.91. The van der Waals surface area contributed by atoms with Crippen LogP contribution in [0.3, 0.4) is 0 Å². The molecule has 0 aromatic heterocycles. The van der Waals surface area contributed by atoms with Crippen molar-refractivity contribution in [2.45, 2.75) is 0 Å². The standard InChI is InChI=1S/C6H3BF4O2.C6H6/c8-2-1-3(9)5(10)6(11)4(2)7(12)13;1-2-4-6-5-3-1/h1,12-13H;1-6H. The van der Waals surface area contributed by atoms with Gasteiger partial charge in [0.1, 0.15) is 5.82 Å². The third kappa shape index (κ3) is 4.08. The van der Waals surface area contributed by atoms with Gasteiger partial charge < -0.3 is 10.0 Å². The molecule has 2 nitrogen and oxygen atoms in total. The van der Waals surface area contributed by atoms with Crippen LogP contribution >= 0.6 is 0 Å². The molecule has 19 heavy (non-hydrogen) atoms. The van der Waals surface area contributed by atoms with Crippen molar-refractivity contribution in [3.63, 3.8) is 0 Å². The maximum atomic E-state index is 12.6. The van der Waals surface area contributed by atoms with Gasteiger partial charge in [0.25, 0.3) is 0 Å². The lowest BCUT2D eigenvalue weighted by molar-refractivity contribution is 0.407. The predicted molar refractivity (Wildman–Crippen MR) is 62.5 cm³/mol. The highest BCUT2D eigenvalue weighted by Gasteiger charge is 2.26. The maximum Gasteiger partial charge on any atom is 0.494 e. The van der Waals surface area contributed by atoms with Gasteiger partial charge in [0.15, 0.2) is 17.5 Å². The second-order valence-electron chi connectivity index (χ2n) is 3.41. The van der Waals surface area contributed by atoms with Crippen LogP contribution in [0.5, 0.6) is 0 Å². The van der Waals surface area contributed by atoms with Crippen molar-refractivity contribution in [2.75, 3.05) is 0 Å². The van der Waals surface area contributed by atoms with Crippen LogP contribution in [0.4, 0.5) is 17.6 Å². The fraction of sp³-hybridized carbons (Fsp3) is 0. The Hall–Kier alpha value is -1.86. The smallest absolute Gasteiger partial charge is 0.423 e. The van der Waals surface area contributed by atoms with E-state index in [1.165, 1.54) is 0 Å². The van der Waals surface area contributed by atoms with E-state index in [4.69, 9.17) is 10.0 Å². The minimum atomic E-state index is -2.52. The van der Waals surface area contributed by atoms with Crippen LogP contribution < -0.4 is 5.46 Å². The molecule has 0 aliphatic rings. The van der Waals surface area contributed by atoms with Crippen molar-refractivity contribution in [1.82, 2.24) is 0 Å². The first-order chi connectivity index (χ1) is 8.95. The Balaban J connectivity index is 0.000000250. The van der Waals surface area contributed by atoms with Gasteiger partial charge in [-0.15, -0.1) is 0 Å². The lowest BCUT2D eigenvalue weighted by Gasteiger charge is -2.04. The average Bonchev–Trinajstić information content (AvgIpc) is 2.38. The van der Waals surface area contributed by atoms with Crippen LogP contribution in [0.15, 0.2) is 42.5 Å². The van der Waals surface area contributed by atoms with Crippen molar-refractivity contribution >= 4 is 12.6 Å². The Labute approximate surface area is 107 Å². The minimum absolute atomic E-state index is 0.0349. The second-order valence-corrected chi connectivity index (χ2v) is 3.41. The van der Waals surface area contributed by atoms with Crippen molar-refractivity contribution in [2.24, 2.45) is 0 Å². The van der Waals surface area contributed by atoms with Crippen molar-refractivity contribution in [3.05, 3.63) is 65.7 Å². The van der Waals surface area contributed by atoms with Crippen LogP contribution in [-0.2, 0) is 0 Å². The first kappa shape index (κ1) is 15.2. The molecule has 0 fully saturated rings. The zero-order valence-corrected chi connectivity index (χ0v) is 9.53. The molecular formula is C12H9BF4O2. The number of halogens is 4. The van der Waals surface area contributed by atoms with Gasteiger partial charge in [-0.1, -0.05) is 36.4 Å². The predicted octanol–water partition coefficient (Wildman–Crippen LogP) is 1.61. The fourth-order valence-corrected chi connectivity index (χ4v) is 1.20. The van der Waals surface area contributed by atoms with Gasteiger partial charge >= 0.3 is 7.12 Å². The Kier molecular flexibility index (Phi) is 5.53. The SMILES string of the molecule is OB(O)c1c(F)cc(F)c(F)c1F.c1ccccc1. The van der Waals surface area contributed by atoms with E-state index in [1.54, 1.807) is 0 Å². The summed E-state index contributed by atoms with van der Waals surface area (Å²) >= 11 is 0. The Morgan fingerprint density at radius 3 is 1.47 bits per heavy atom. The molecular weight excluding hydrogens is 263 g/mol. The maximum absolute atomic E-state index is 12.6. The molecule has 7 heteroatoms. The van der Waals surface area contributed by atoms with Gasteiger partial charge in [-0.25, -0.2) is 17.6 Å². The highest BCUT2D eigenvalue weighted by molar-refractivity contribution is 6.58. The number of benzene rings is 2. The van der Waals surface area contributed by atoms with Crippen LogP contribution in [-0.4, -0.2) is 17.2 Å². The third-order valence-electron chi connectivity index (χ3n) is 2.07. The highest BCUT2D eigenvalue weighted by atomic mass is 19.2. The molecule has 0 aliphatic carbocycles. The van der Waals surface area contributed by atoms with Gasteiger partial charge in [-0.2, -0.15) is 0 Å². The van der Waals surface area contributed by atoms with Gasteiger partial charge in [-0.3, -0.25) is 0 Å². The molecule has 0 spiro atoms. The summed E-state index contributed by atoms with van der Waals surface area (Å²) in [6.07, 6.45) is 0. The molecule has 0 saturated carbocycles. The van der Waals surface area contributed by atoms with Crippen LogP contribution in [0.2, 0.25) is 0 Å². The summed E-state index contributed by atoms with van der Waals surface area (Å²) in [6.45, 7) is 0. The van der Waals surface area contributed by atoms with Crippen LogP contribution in [0, 0.1) is 23.3 Å². The lowest BCUT2D eigenvalue weighted by Crippen LogP contribution is -2.36. The summed E-state index contributed by atoms with van der Waals surface area (Å²) in [6, 6.07) is 12.0. The summed E-state index contributed by atoms with van der Waals surface area (Å²) in [4.78, 5) is 0. The molecule has 2 aromatic carbocycles. The molecule has 0 amide bonds. The topological polar surface area (TPSA) is 40.5 Å². The van der Waals surface area contributed by atoms with E-state index >= 15 is 0 Å². The number of hydrogen-bond acceptors (Lipinski definition) is 2. The van der Waals surface area contributed by atoms with E-state index in [9.17, 15) is 17.6 Å². The Morgan fingerprint density at radius 2 is 1.11 bits per heavy atom. The molecule has 0 aliphatic heterocycles. The van der Waals surface area contributed by atoms with E-state index in [-0.39, 0.29) is 6.07 Å². The fourth-order valence-electron chi connectivity index (χ4n) is 1.20. The lowest BCUT2D eigenvalue weighted by atomic mass is 9.79. The molecule has 0 unspecified atom stereocenters. The quantitative estimate of drug-likeness (QED) is 0.358. The number of rotatable bonds is 1. The van der Waals surface area contributed by atoms with Gasteiger partial charge in [0, 0.05) is 6.07 Å². The minimum Gasteiger partial charge on any atom is -0.423 e.